The molecule has 40 heavy (non-hydrogen) atoms. The number of anilines is 1. The van der Waals surface area contributed by atoms with Crippen LogP contribution in [0.25, 0.3) is 0 Å². The molecule has 3 aromatic carbocycles. The van der Waals surface area contributed by atoms with Gasteiger partial charge in [-0.15, -0.1) is 0 Å². The molecule has 0 aliphatic carbocycles. The molecule has 3 aromatic rings. The molecule has 214 valence electrons. The Morgan fingerprint density at radius 2 is 1.55 bits per heavy atom. The number of hydrogen-bond donors (Lipinski definition) is 1. The number of hydrogen-bond acceptors (Lipinski definition) is 4. The van der Waals surface area contributed by atoms with Crippen molar-refractivity contribution in [2.75, 3.05) is 17.4 Å². The zero-order chi connectivity index (χ0) is 29.4. The number of unbranched alkanes of at least 4 members (excludes halogenated alkanes) is 1. The lowest BCUT2D eigenvalue weighted by atomic mass is 10.1. The van der Waals surface area contributed by atoms with Gasteiger partial charge in [0.2, 0.25) is 11.8 Å². The monoisotopic (exact) mass is 643 g/mol. The lowest BCUT2D eigenvalue weighted by Gasteiger charge is -2.32. The number of carbonyl (C=O) groups is 2. The van der Waals surface area contributed by atoms with Crippen molar-refractivity contribution >= 4 is 73.9 Å². The molecule has 1 N–H and O–H groups in total. The molecule has 0 unspecified atom stereocenters. The number of benzene rings is 3. The zero-order valence-corrected chi connectivity index (χ0v) is 25.8. The topological polar surface area (TPSA) is 86.8 Å². The van der Waals surface area contributed by atoms with Crippen LogP contribution in [0.4, 0.5) is 5.69 Å². The van der Waals surface area contributed by atoms with Gasteiger partial charge in [-0.05, 0) is 73.5 Å². The highest BCUT2D eigenvalue weighted by Crippen LogP contribution is 2.28. The van der Waals surface area contributed by atoms with Gasteiger partial charge < -0.3 is 10.2 Å². The summed E-state index contributed by atoms with van der Waals surface area (Å²) in [5.74, 6) is -0.997. The van der Waals surface area contributed by atoms with Crippen LogP contribution >= 0.6 is 46.4 Å². The summed E-state index contributed by atoms with van der Waals surface area (Å²) in [7, 11) is -4.24. The lowest BCUT2D eigenvalue weighted by Crippen LogP contribution is -2.51. The molecular formula is C28H29Cl4N3O4S. The standard InChI is InChI=1S/C28H29Cl4N3O4S/c1-3-4-14-33-28(37)19(2)34(17-20-8-9-23(31)16-26(20)32)27(36)18-35(24-7-5-6-22(30)15-24)40(38,39)25-12-10-21(29)11-13-25/h5-13,15-16,19H,3-4,14,17-18H2,1-2H3,(H,33,37)/t19-/m0/s1. The summed E-state index contributed by atoms with van der Waals surface area (Å²) in [4.78, 5) is 28.2. The van der Waals surface area contributed by atoms with Gasteiger partial charge >= 0.3 is 0 Å². The predicted molar refractivity (Wildman–Crippen MR) is 162 cm³/mol. The Labute approximate surface area is 255 Å². The van der Waals surface area contributed by atoms with Crippen LogP contribution in [0.2, 0.25) is 20.1 Å². The van der Waals surface area contributed by atoms with Gasteiger partial charge in [-0.25, -0.2) is 8.42 Å². The van der Waals surface area contributed by atoms with Gasteiger partial charge in [0.1, 0.15) is 12.6 Å². The van der Waals surface area contributed by atoms with Crippen LogP contribution in [0, 0.1) is 0 Å². The van der Waals surface area contributed by atoms with E-state index in [1.54, 1.807) is 31.2 Å². The molecule has 0 spiro atoms. The lowest BCUT2D eigenvalue weighted by molar-refractivity contribution is -0.139. The summed E-state index contributed by atoms with van der Waals surface area (Å²) in [5, 5.41) is 4.20. The van der Waals surface area contributed by atoms with Crippen molar-refractivity contribution in [3.05, 3.63) is 92.4 Å². The molecule has 0 aliphatic rings. The Bertz CT molecular complexity index is 1450. The molecule has 0 saturated carbocycles. The molecule has 12 heteroatoms. The Morgan fingerprint density at radius 3 is 2.17 bits per heavy atom. The SMILES string of the molecule is CCCCNC(=O)[C@H](C)N(Cc1ccc(Cl)cc1Cl)C(=O)CN(c1cccc(Cl)c1)S(=O)(=O)c1ccc(Cl)cc1. The van der Waals surface area contributed by atoms with Gasteiger partial charge in [0, 0.05) is 33.2 Å². The van der Waals surface area contributed by atoms with E-state index >= 15 is 0 Å². The fourth-order valence-electron chi connectivity index (χ4n) is 3.85. The molecule has 7 nitrogen and oxygen atoms in total. The van der Waals surface area contributed by atoms with Crippen molar-refractivity contribution in [2.24, 2.45) is 0 Å². The van der Waals surface area contributed by atoms with Crippen molar-refractivity contribution < 1.29 is 18.0 Å². The number of carbonyl (C=O) groups excluding carboxylic acids is 2. The minimum absolute atomic E-state index is 0.0540. The summed E-state index contributed by atoms with van der Waals surface area (Å²) in [6.07, 6.45) is 1.66. The quantitative estimate of drug-likeness (QED) is 0.219. The second kappa shape index (κ2) is 14.4. The van der Waals surface area contributed by atoms with Gasteiger partial charge in [0.25, 0.3) is 10.0 Å². The Kier molecular flexibility index (Phi) is 11.5. The van der Waals surface area contributed by atoms with E-state index < -0.39 is 28.5 Å². The van der Waals surface area contributed by atoms with E-state index in [0.29, 0.717) is 27.2 Å². The molecule has 0 aliphatic heterocycles. The van der Waals surface area contributed by atoms with Crippen molar-refractivity contribution in [1.82, 2.24) is 10.2 Å². The molecular weight excluding hydrogens is 616 g/mol. The van der Waals surface area contributed by atoms with Crippen molar-refractivity contribution in [3.63, 3.8) is 0 Å². The third kappa shape index (κ3) is 8.27. The average molecular weight is 645 g/mol. The summed E-state index contributed by atoms with van der Waals surface area (Å²) in [5.41, 5.74) is 0.725. The van der Waals surface area contributed by atoms with Crippen LogP contribution in [0.5, 0.6) is 0 Å². The van der Waals surface area contributed by atoms with Crippen molar-refractivity contribution in [3.8, 4) is 0 Å². The molecule has 2 amide bonds. The largest absolute Gasteiger partial charge is 0.354 e. The zero-order valence-electron chi connectivity index (χ0n) is 21.9. The molecule has 0 saturated heterocycles. The maximum atomic E-state index is 13.9. The molecule has 0 heterocycles. The normalized spacial score (nSPS) is 12.1. The summed E-state index contributed by atoms with van der Waals surface area (Å²) in [6, 6.07) is 15.7. The first kappa shape index (κ1) is 32.0. The van der Waals surface area contributed by atoms with Crippen LogP contribution in [-0.4, -0.2) is 44.3 Å². The van der Waals surface area contributed by atoms with E-state index in [2.05, 4.69) is 5.32 Å². The van der Waals surface area contributed by atoms with Crippen LogP contribution < -0.4 is 9.62 Å². The van der Waals surface area contributed by atoms with Gasteiger partial charge in [-0.3, -0.25) is 13.9 Å². The molecule has 0 bridgehead atoms. The Balaban J connectivity index is 2.02. The average Bonchev–Trinajstić information content (AvgIpc) is 2.91. The highest BCUT2D eigenvalue weighted by molar-refractivity contribution is 7.92. The maximum absolute atomic E-state index is 13.9. The molecule has 1 atom stereocenters. The van der Waals surface area contributed by atoms with Crippen LogP contribution in [0.3, 0.4) is 0 Å². The number of rotatable bonds is 12. The molecule has 0 aromatic heterocycles. The van der Waals surface area contributed by atoms with Crippen molar-refractivity contribution in [1.29, 1.82) is 0 Å². The Hall–Kier alpha value is -2.49. The van der Waals surface area contributed by atoms with E-state index in [9.17, 15) is 18.0 Å². The first-order valence-corrected chi connectivity index (χ1v) is 15.4. The third-order valence-electron chi connectivity index (χ3n) is 6.13. The van der Waals surface area contributed by atoms with Gasteiger partial charge in [0.05, 0.1) is 10.6 Å². The van der Waals surface area contributed by atoms with Crippen LogP contribution in [-0.2, 0) is 26.2 Å². The van der Waals surface area contributed by atoms with E-state index in [1.807, 2.05) is 6.92 Å². The highest BCUT2D eigenvalue weighted by Gasteiger charge is 2.33. The third-order valence-corrected chi connectivity index (χ3v) is 8.99. The number of amides is 2. The molecule has 0 radical (unpaired) electrons. The first-order chi connectivity index (χ1) is 18.9. The van der Waals surface area contributed by atoms with Gasteiger partial charge in [-0.1, -0.05) is 71.9 Å². The minimum atomic E-state index is -4.24. The number of nitrogens with zero attached hydrogens (tertiary/aromatic N) is 2. The van der Waals surface area contributed by atoms with E-state index in [-0.39, 0.29) is 28.1 Å². The van der Waals surface area contributed by atoms with Crippen LogP contribution in [0.15, 0.2) is 71.6 Å². The maximum Gasteiger partial charge on any atom is 0.264 e. The predicted octanol–water partition coefficient (Wildman–Crippen LogP) is 6.83. The summed E-state index contributed by atoms with van der Waals surface area (Å²) >= 11 is 24.6. The Morgan fingerprint density at radius 1 is 0.900 bits per heavy atom. The number of sulfonamides is 1. The van der Waals surface area contributed by atoms with Gasteiger partial charge in [-0.2, -0.15) is 0 Å². The highest BCUT2D eigenvalue weighted by atomic mass is 35.5. The van der Waals surface area contributed by atoms with Gasteiger partial charge in [0.15, 0.2) is 0 Å². The first-order valence-electron chi connectivity index (χ1n) is 12.5. The second-order valence-corrected chi connectivity index (χ2v) is 12.6. The number of nitrogens with one attached hydrogen (secondary N) is 1. The smallest absolute Gasteiger partial charge is 0.264 e. The van der Waals surface area contributed by atoms with E-state index in [1.165, 1.54) is 47.4 Å². The van der Waals surface area contributed by atoms with Crippen molar-refractivity contribution in [2.45, 2.75) is 44.2 Å². The molecule has 3 rings (SSSR count). The van der Waals surface area contributed by atoms with E-state index in [4.69, 9.17) is 46.4 Å². The van der Waals surface area contributed by atoms with E-state index in [0.717, 1.165) is 17.1 Å². The summed E-state index contributed by atoms with van der Waals surface area (Å²) in [6.45, 7) is 3.37. The fraction of sp³-hybridized carbons (Fsp3) is 0.286. The number of halogens is 4. The second-order valence-electron chi connectivity index (χ2n) is 9.02. The summed E-state index contributed by atoms with van der Waals surface area (Å²) < 4.78 is 28.6. The van der Waals surface area contributed by atoms with Crippen LogP contribution in [0.1, 0.15) is 32.3 Å². The minimum Gasteiger partial charge on any atom is -0.354 e. The fourth-order valence-corrected chi connectivity index (χ4v) is 6.03. The molecule has 0 fully saturated rings.